The molecule has 1 aliphatic rings. The highest BCUT2D eigenvalue weighted by Gasteiger charge is 2.27. The van der Waals surface area contributed by atoms with Crippen molar-refractivity contribution in [2.75, 3.05) is 6.54 Å². The Morgan fingerprint density at radius 3 is 2.71 bits per heavy atom. The minimum atomic E-state index is -0.161. The SMILES string of the molecule is Cn1nc(C(=O)NCc2cccnc2)c2c1CCN(Cc1cccc(Oc3ccc(Cl)cc3)c1)C2. The van der Waals surface area contributed by atoms with Gasteiger partial charge in [-0.15, -0.1) is 0 Å². The molecule has 0 radical (unpaired) electrons. The van der Waals surface area contributed by atoms with Gasteiger partial charge in [-0.1, -0.05) is 29.8 Å². The van der Waals surface area contributed by atoms with Gasteiger partial charge in [0.15, 0.2) is 5.69 Å². The number of hydrogen-bond donors (Lipinski definition) is 1. The third-order valence-corrected chi connectivity index (χ3v) is 6.32. The van der Waals surface area contributed by atoms with Crippen LogP contribution in [-0.4, -0.2) is 32.1 Å². The van der Waals surface area contributed by atoms with E-state index in [1.165, 1.54) is 0 Å². The van der Waals surface area contributed by atoms with Crippen molar-refractivity contribution < 1.29 is 9.53 Å². The number of aromatic nitrogens is 3. The highest BCUT2D eigenvalue weighted by molar-refractivity contribution is 6.30. The summed E-state index contributed by atoms with van der Waals surface area (Å²) in [6.07, 6.45) is 4.31. The molecule has 0 aliphatic carbocycles. The van der Waals surface area contributed by atoms with Gasteiger partial charge in [-0.2, -0.15) is 5.10 Å². The number of halogens is 1. The van der Waals surface area contributed by atoms with Crippen LogP contribution in [0.1, 0.15) is 32.9 Å². The second-order valence-corrected chi connectivity index (χ2v) is 9.04. The van der Waals surface area contributed by atoms with Crippen molar-refractivity contribution in [2.45, 2.75) is 26.1 Å². The predicted molar refractivity (Wildman–Crippen MR) is 134 cm³/mol. The summed E-state index contributed by atoms with van der Waals surface area (Å²) in [5.74, 6) is 1.36. The zero-order valence-electron chi connectivity index (χ0n) is 19.4. The molecule has 2 aromatic heterocycles. The van der Waals surface area contributed by atoms with E-state index in [1.807, 2.05) is 60.3 Å². The number of nitrogens with one attached hydrogen (secondary N) is 1. The number of aryl methyl sites for hydroxylation is 1. The summed E-state index contributed by atoms with van der Waals surface area (Å²) in [6, 6.07) is 19.2. The van der Waals surface area contributed by atoms with Crippen molar-refractivity contribution in [1.29, 1.82) is 0 Å². The number of amides is 1. The first kappa shape index (κ1) is 23.1. The van der Waals surface area contributed by atoms with Crippen LogP contribution in [0.3, 0.4) is 0 Å². The minimum absolute atomic E-state index is 0.161. The lowest BCUT2D eigenvalue weighted by Crippen LogP contribution is -2.32. The van der Waals surface area contributed by atoms with Gasteiger partial charge >= 0.3 is 0 Å². The molecule has 1 N–H and O–H groups in total. The summed E-state index contributed by atoms with van der Waals surface area (Å²) >= 11 is 5.97. The number of rotatable bonds is 7. The van der Waals surface area contributed by atoms with Crippen LogP contribution in [0, 0.1) is 0 Å². The van der Waals surface area contributed by atoms with Gasteiger partial charge in [0.25, 0.3) is 5.91 Å². The maximum Gasteiger partial charge on any atom is 0.272 e. The molecule has 0 bridgehead atoms. The summed E-state index contributed by atoms with van der Waals surface area (Å²) in [5, 5.41) is 8.20. The van der Waals surface area contributed by atoms with Crippen molar-refractivity contribution in [3.05, 3.63) is 106 Å². The molecule has 0 saturated heterocycles. The summed E-state index contributed by atoms with van der Waals surface area (Å²) < 4.78 is 7.83. The molecule has 35 heavy (non-hydrogen) atoms. The maximum atomic E-state index is 13.0. The molecule has 5 rings (SSSR count). The van der Waals surface area contributed by atoms with E-state index in [4.69, 9.17) is 16.3 Å². The van der Waals surface area contributed by atoms with Crippen molar-refractivity contribution >= 4 is 17.5 Å². The Hall–Kier alpha value is -3.68. The number of hydrogen-bond acceptors (Lipinski definition) is 5. The lowest BCUT2D eigenvalue weighted by molar-refractivity contribution is 0.0942. The molecular weight excluding hydrogens is 462 g/mol. The van der Waals surface area contributed by atoms with E-state index in [2.05, 4.69) is 32.4 Å². The van der Waals surface area contributed by atoms with E-state index in [1.54, 1.807) is 12.4 Å². The fourth-order valence-corrected chi connectivity index (χ4v) is 4.46. The van der Waals surface area contributed by atoms with E-state index in [0.29, 0.717) is 23.8 Å². The van der Waals surface area contributed by atoms with Gasteiger partial charge in [-0.05, 0) is 53.6 Å². The number of benzene rings is 2. The molecule has 8 heteroatoms. The Kier molecular flexibility index (Phi) is 6.79. The van der Waals surface area contributed by atoms with Gasteiger partial charge in [-0.25, -0.2) is 0 Å². The van der Waals surface area contributed by atoms with Gasteiger partial charge in [-0.3, -0.25) is 19.4 Å². The molecule has 0 spiro atoms. The highest BCUT2D eigenvalue weighted by Crippen LogP contribution is 2.27. The van der Waals surface area contributed by atoms with Crippen LogP contribution >= 0.6 is 11.6 Å². The fraction of sp³-hybridized carbons (Fsp3) is 0.222. The summed E-state index contributed by atoms with van der Waals surface area (Å²) in [4.78, 5) is 19.4. The number of ether oxygens (including phenoxy) is 1. The Morgan fingerprint density at radius 2 is 1.91 bits per heavy atom. The van der Waals surface area contributed by atoms with Gasteiger partial charge in [0.05, 0.1) is 0 Å². The summed E-state index contributed by atoms with van der Waals surface area (Å²) in [6.45, 7) is 2.73. The normalized spacial score (nSPS) is 13.3. The maximum absolute atomic E-state index is 13.0. The molecule has 0 unspecified atom stereocenters. The second kappa shape index (κ2) is 10.3. The number of nitrogens with zero attached hydrogens (tertiary/aromatic N) is 4. The van der Waals surface area contributed by atoms with Crippen LogP contribution in [0.15, 0.2) is 73.1 Å². The monoisotopic (exact) mass is 487 g/mol. The average molecular weight is 488 g/mol. The van der Waals surface area contributed by atoms with Crippen LogP contribution in [-0.2, 0) is 33.1 Å². The Labute approximate surface area is 209 Å². The average Bonchev–Trinajstić information content (AvgIpc) is 3.20. The lowest BCUT2D eigenvalue weighted by atomic mass is 10.0. The van der Waals surface area contributed by atoms with Gasteiger partial charge in [0, 0.05) is 68.3 Å². The molecule has 3 heterocycles. The van der Waals surface area contributed by atoms with Gasteiger partial charge < -0.3 is 10.1 Å². The van der Waals surface area contributed by atoms with Crippen LogP contribution in [0.2, 0.25) is 5.02 Å². The molecule has 2 aromatic carbocycles. The molecule has 1 amide bonds. The van der Waals surface area contributed by atoms with Crippen LogP contribution in [0.5, 0.6) is 11.5 Å². The van der Waals surface area contributed by atoms with E-state index in [9.17, 15) is 4.79 Å². The fourth-order valence-electron chi connectivity index (χ4n) is 4.34. The van der Waals surface area contributed by atoms with Crippen molar-refractivity contribution in [3.63, 3.8) is 0 Å². The molecular formula is C27H26ClN5O2. The van der Waals surface area contributed by atoms with E-state index in [0.717, 1.165) is 53.4 Å². The quantitative estimate of drug-likeness (QED) is 0.407. The molecule has 1 aliphatic heterocycles. The Balaban J connectivity index is 1.26. The third kappa shape index (κ3) is 5.53. The topological polar surface area (TPSA) is 72.3 Å². The Bertz CT molecular complexity index is 1320. The van der Waals surface area contributed by atoms with E-state index < -0.39 is 0 Å². The lowest BCUT2D eigenvalue weighted by Gasteiger charge is -2.27. The smallest absolute Gasteiger partial charge is 0.272 e. The Morgan fingerprint density at radius 1 is 1.09 bits per heavy atom. The van der Waals surface area contributed by atoms with E-state index >= 15 is 0 Å². The van der Waals surface area contributed by atoms with Crippen LogP contribution < -0.4 is 10.1 Å². The molecule has 0 fully saturated rings. The standard InChI is InChI=1S/C27H26ClN5O2/c1-32-25-11-13-33(17-19-4-2-6-23(14-19)35-22-9-7-21(28)8-10-22)18-24(25)26(31-32)27(34)30-16-20-5-3-12-29-15-20/h2-10,12,14-15H,11,13,16-18H2,1H3,(H,30,34). The number of carbonyl (C=O) groups is 1. The zero-order valence-corrected chi connectivity index (χ0v) is 20.2. The number of fused-ring (bicyclic) bond motifs is 1. The first-order chi connectivity index (χ1) is 17.0. The molecule has 4 aromatic rings. The minimum Gasteiger partial charge on any atom is -0.457 e. The van der Waals surface area contributed by atoms with Crippen LogP contribution in [0.25, 0.3) is 0 Å². The van der Waals surface area contributed by atoms with Crippen molar-refractivity contribution in [1.82, 2.24) is 25.0 Å². The van der Waals surface area contributed by atoms with Gasteiger partial charge in [0.1, 0.15) is 11.5 Å². The number of carbonyl (C=O) groups excluding carboxylic acids is 1. The molecule has 0 atom stereocenters. The van der Waals surface area contributed by atoms with E-state index in [-0.39, 0.29) is 5.91 Å². The first-order valence-corrected chi connectivity index (χ1v) is 11.9. The van der Waals surface area contributed by atoms with Gasteiger partial charge in [0.2, 0.25) is 0 Å². The third-order valence-electron chi connectivity index (χ3n) is 6.07. The predicted octanol–water partition coefficient (Wildman–Crippen LogP) is 4.75. The zero-order chi connectivity index (χ0) is 24.2. The van der Waals surface area contributed by atoms with Crippen molar-refractivity contribution in [3.8, 4) is 11.5 Å². The highest BCUT2D eigenvalue weighted by atomic mass is 35.5. The molecule has 178 valence electrons. The summed E-state index contributed by atoms with van der Waals surface area (Å²) in [7, 11) is 1.91. The molecule has 7 nitrogen and oxygen atoms in total. The van der Waals surface area contributed by atoms with Crippen molar-refractivity contribution in [2.24, 2.45) is 7.05 Å². The first-order valence-electron chi connectivity index (χ1n) is 11.5. The molecule has 0 saturated carbocycles. The largest absolute Gasteiger partial charge is 0.457 e. The summed E-state index contributed by atoms with van der Waals surface area (Å²) in [5.41, 5.74) is 4.71. The second-order valence-electron chi connectivity index (χ2n) is 8.61. The van der Waals surface area contributed by atoms with Crippen LogP contribution in [0.4, 0.5) is 0 Å². The number of pyridine rings is 1.